The van der Waals surface area contributed by atoms with E-state index in [0.29, 0.717) is 12.8 Å². The lowest BCUT2D eigenvalue weighted by molar-refractivity contribution is 0.177. The predicted octanol–water partition coefficient (Wildman–Crippen LogP) is 0.525. The molecule has 0 saturated carbocycles. The normalized spacial score (nSPS) is 20.8. The Morgan fingerprint density at radius 3 is 1.83 bits per heavy atom. The van der Waals surface area contributed by atoms with E-state index in [-0.39, 0.29) is 0 Å². The molecule has 0 unspecified atom stereocenters. The molecule has 1 saturated heterocycles. The molecular weight excluding hydrogens is 158 g/mol. The summed E-state index contributed by atoms with van der Waals surface area (Å²) in [5.41, 5.74) is -0.556. The summed E-state index contributed by atoms with van der Waals surface area (Å²) in [4.78, 5) is 21.8. The van der Waals surface area contributed by atoms with Gasteiger partial charge in [0.2, 0.25) is 0 Å². The lowest BCUT2D eigenvalue weighted by atomic mass is 10.0. The molecular formula is C7H13N3O2. The highest BCUT2D eigenvalue weighted by Crippen LogP contribution is 2.12. The molecule has 0 aliphatic carbocycles. The van der Waals surface area contributed by atoms with E-state index in [1.165, 1.54) is 0 Å². The molecule has 12 heavy (non-hydrogen) atoms. The molecule has 4 amide bonds. The van der Waals surface area contributed by atoms with Gasteiger partial charge in [-0.2, -0.15) is 0 Å². The molecule has 1 heterocycles. The third-order valence-electron chi connectivity index (χ3n) is 2.14. The SMILES string of the molecule is CCC1(CC)NC(=O)NC(=O)N1. The lowest BCUT2D eigenvalue weighted by Gasteiger charge is -2.37. The largest absolute Gasteiger partial charge is 0.324 e. The highest BCUT2D eigenvalue weighted by Gasteiger charge is 2.34. The van der Waals surface area contributed by atoms with Gasteiger partial charge in [-0.25, -0.2) is 9.59 Å². The second kappa shape index (κ2) is 3.00. The first-order valence-electron chi connectivity index (χ1n) is 4.03. The lowest BCUT2D eigenvalue weighted by Crippen LogP contribution is -2.69. The number of hydrogen-bond donors (Lipinski definition) is 3. The molecule has 1 aliphatic heterocycles. The van der Waals surface area contributed by atoms with Crippen LogP contribution in [0.15, 0.2) is 0 Å². The average Bonchev–Trinajstić information content (AvgIpc) is 2.02. The summed E-state index contributed by atoms with van der Waals surface area (Å²) >= 11 is 0. The van der Waals surface area contributed by atoms with Crippen molar-refractivity contribution in [2.75, 3.05) is 0 Å². The summed E-state index contributed by atoms with van der Waals surface area (Å²) in [6.07, 6.45) is 1.37. The molecule has 0 aromatic heterocycles. The van der Waals surface area contributed by atoms with Gasteiger partial charge in [-0.15, -0.1) is 0 Å². The summed E-state index contributed by atoms with van der Waals surface area (Å²) < 4.78 is 0. The molecule has 3 N–H and O–H groups in total. The van der Waals surface area contributed by atoms with Gasteiger partial charge in [0.1, 0.15) is 5.66 Å². The monoisotopic (exact) mass is 171 g/mol. The van der Waals surface area contributed by atoms with Crippen molar-refractivity contribution in [3.63, 3.8) is 0 Å². The van der Waals surface area contributed by atoms with Gasteiger partial charge in [-0.05, 0) is 12.8 Å². The maximum Gasteiger partial charge on any atom is 0.324 e. The second-order valence-electron chi connectivity index (χ2n) is 2.82. The van der Waals surface area contributed by atoms with Gasteiger partial charge >= 0.3 is 12.1 Å². The van der Waals surface area contributed by atoms with Gasteiger partial charge in [0, 0.05) is 0 Å². The molecule has 1 aliphatic rings. The molecule has 68 valence electrons. The van der Waals surface area contributed by atoms with Crippen molar-refractivity contribution >= 4 is 12.1 Å². The highest BCUT2D eigenvalue weighted by molar-refractivity contribution is 5.96. The van der Waals surface area contributed by atoms with Crippen molar-refractivity contribution in [3.8, 4) is 0 Å². The van der Waals surface area contributed by atoms with Crippen LogP contribution in [0.25, 0.3) is 0 Å². The van der Waals surface area contributed by atoms with Crippen molar-refractivity contribution in [2.45, 2.75) is 32.4 Å². The third kappa shape index (κ3) is 1.49. The quantitative estimate of drug-likeness (QED) is 0.567. The minimum Gasteiger partial charge on any atom is -0.315 e. The minimum absolute atomic E-state index is 0.428. The van der Waals surface area contributed by atoms with Gasteiger partial charge in [0.25, 0.3) is 0 Å². The van der Waals surface area contributed by atoms with E-state index in [0.717, 1.165) is 0 Å². The number of amides is 4. The average molecular weight is 171 g/mol. The number of carbonyl (C=O) groups is 2. The number of nitrogens with one attached hydrogen (secondary N) is 3. The van der Waals surface area contributed by atoms with Crippen molar-refractivity contribution in [1.82, 2.24) is 16.0 Å². The fourth-order valence-electron chi connectivity index (χ4n) is 1.24. The van der Waals surface area contributed by atoms with Gasteiger partial charge in [-0.3, -0.25) is 5.32 Å². The number of imide groups is 1. The van der Waals surface area contributed by atoms with E-state index in [4.69, 9.17) is 0 Å². The van der Waals surface area contributed by atoms with Crippen molar-refractivity contribution in [2.24, 2.45) is 0 Å². The van der Waals surface area contributed by atoms with E-state index in [1.54, 1.807) is 0 Å². The van der Waals surface area contributed by atoms with Gasteiger partial charge < -0.3 is 10.6 Å². The first kappa shape index (κ1) is 8.83. The van der Waals surface area contributed by atoms with E-state index in [9.17, 15) is 9.59 Å². The van der Waals surface area contributed by atoms with E-state index in [1.807, 2.05) is 13.8 Å². The van der Waals surface area contributed by atoms with E-state index >= 15 is 0 Å². The molecule has 1 rings (SSSR count). The van der Waals surface area contributed by atoms with E-state index in [2.05, 4.69) is 16.0 Å². The van der Waals surface area contributed by atoms with Crippen LogP contribution in [0.2, 0.25) is 0 Å². The Labute approximate surface area is 70.9 Å². The molecule has 0 spiro atoms. The van der Waals surface area contributed by atoms with Crippen LogP contribution in [0.4, 0.5) is 9.59 Å². The Bertz CT molecular complexity index is 193. The Morgan fingerprint density at radius 2 is 1.50 bits per heavy atom. The smallest absolute Gasteiger partial charge is 0.315 e. The topological polar surface area (TPSA) is 70.2 Å². The van der Waals surface area contributed by atoms with Crippen LogP contribution in [0, 0.1) is 0 Å². The van der Waals surface area contributed by atoms with Crippen LogP contribution in [-0.2, 0) is 0 Å². The fourth-order valence-corrected chi connectivity index (χ4v) is 1.24. The first-order valence-corrected chi connectivity index (χ1v) is 4.03. The van der Waals surface area contributed by atoms with Gasteiger partial charge in [0.05, 0.1) is 0 Å². The Balaban J connectivity index is 2.76. The number of hydrogen-bond acceptors (Lipinski definition) is 2. The zero-order chi connectivity index (χ0) is 9.19. The van der Waals surface area contributed by atoms with Crippen LogP contribution in [0.5, 0.6) is 0 Å². The van der Waals surface area contributed by atoms with E-state index < -0.39 is 17.7 Å². The third-order valence-corrected chi connectivity index (χ3v) is 2.14. The zero-order valence-corrected chi connectivity index (χ0v) is 7.23. The Morgan fingerprint density at radius 1 is 1.08 bits per heavy atom. The fraction of sp³-hybridized carbons (Fsp3) is 0.714. The minimum atomic E-state index is -0.556. The second-order valence-corrected chi connectivity index (χ2v) is 2.82. The number of rotatable bonds is 2. The van der Waals surface area contributed by atoms with Gasteiger partial charge in [0.15, 0.2) is 0 Å². The van der Waals surface area contributed by atoms with Crippen LogP contribution < -0.4 is 16.0 Å². The highest BCUT2D eigenvalue weighted by atomic mass is 16.2. The standard InChI is InChI=1S/C7H13N3O2/c1-3-7(4-2)9-5(11)8-6(12)10-7/h3-4H2,1-2H3,(H3,8,9,10,11,12). The summed E-state index contributed by atoms with van der Waals surface area (Å²) in [6, 6.07) is -0.857. The molecule has 0 bridgehead atoms. The number of urea groups is 2. The van der Waals surface area contributed by atoms with Crippen LogP contribution in [0.3, 0.4) is 0 Å². The number of carbonyl (C=O) groups excluding carboxylic acids is 2. The van der Waals surface area contributed by atoms with Crippen molar-refractivity contribution < 1.29 is 9.59 Å². The maximum absolute atomic E-state index is 10.9. The maximum atomic E-state index is 10.9. The summed E-state index contributed by atoms with van der Waals surface area (Å²) in [6.45, 7) is 3.82. The molecule has 0 aromatic carbocycles. The summed E-state index contributed by atoms with van der Waals surface area (Å²) in [5, 5.41) is 7.46. The van der Waals surface area contributed by atoms with Crippen LogP contribution in [0.1, 0.15) is 26.7 Å². The Hall–Kier alpha value is -1.26. The summed E-state index contributed by atoms with van der Waals surface area (Å²) in [7, 11) is 0. The van der Waals surface area contributed by atoms with Gasteiger partial charge in [-0.1, -0.05) is 13.8 Å². The van der Waals surface area contributed by atoms with Crippen molar-refractivity contribution in [3.05, 3.63) is 0 Å². The molecule has 1 fully saturated rings. The zero-order valence-electron chi connectivity index (χ0n) is 7.23. The molecule has 0 aromatic rings. The Kier molecular flexibility index (Phi) is 2.21. The molecule has 5 nitrogen and oxygen atoms in total. The first-order chi connectivity index (χ1) is 5.62. The molecule has 5 heteroatoms. The predicted molar refractivity (Wildman–Crippen MR) is 43.5 cm³/mol. The molecule has 0 radical (unpaired) electrons. The summed E-state index contributed by atoms with van der Waals surface area (Å²) in [5.74, 6) is 0. The van der Waals surface area contributed by atoms with Crippen molar-refractivity contribution in [1.29, 1.82) is 0 Å². The van der Waals surface area contributed by atoms with Crippen LogP contribution in [-0.4, -0.2) is 17.7 Å². The van der Waals surface area contributed by atoms with Crippen LogP contribution >= 0.6 is 0 Å². The molecule has 0 atom stereocenters.